The summed E-state index contributed by atoms with van der Waals surface area (Å²) in [6.07, 6.45) is 22.7. The topological polar surface area (TPSA) is 21.3 Å². The molecule has 8 aromatic rings. The van der Waals surface area contributed by atoms with Crippen molar-refractivity contribution in [2.75, 3.05) is 4.90 Å². The van der Waals surface area contributed by atoms with Crippen LogP contribution >= 0.6 is 0 Å². The minimum Gasteiger partial charge on any atom is -0.454 e. The average Bonchev–Trinajstić information content (AvgIpc) is 3.84. The number of aromatic nitrogens is 1. The molecule has 0 saturated carbocycles. The highest BCUT2D eigenvalue weighted by Gasteiger charge is 2.25. The third-order valence-corrected chi connectivity index (χ3v) is 12.2. The van der Waals surface area contributed by atoms with Gasteiger partial charge in [-0.1, -0.05) is 121 Å². The molecule has 3 aliphatic rings. The van der Waals surface area contributed by atoms with E-state index in [1.165, 1.54) is 60.9 Å². The monoisotopic (exact) mass is 734 g/mol. The molecule has 0 radical (unpaired) electrons. The zero-order valence-corrected chi connectivity index (χ0v) is 31.9. The summed E-state index contributed by atoms with van der Waals surface area (Å²) >= 11 is 0. The van der Waals surface area contributed by atoms with Gasteiger partial charge in [-0.05, 0) is 133 Å². The molecule has 0 fully saturated rings. The van der Waals surface area contributed by atoms with Crippen molar-refractivity contribution in [1.82, 2.24) is 4.57 Å². The molecule has 0 saturated heterocycles. The molecule has 3 aliphatic carbocycles. The van der Waals surface area contributed by atoms with Crippen molar-refractivity contribution in [1.29, 1.82) is 0 Å². The van der Waals surface area contributed by atoms with E-state index < -0.39 is 0 Å². The lowest BCUT2D eigenvalue weighted by Gasteiger charge is -2.31. The Hall–Kier alpha value is -6.84. The SMILES string of the molecule is C1=CCCC(C2=CC=C(C3=CC=C(N(c4ccc(-n5c6ccccc6c6ccccc65)cc4)c4cc(-c5ccccc5)cc5c4oc4ccccc45)CC3)CC2)=C1. The fourth-order valence-electron chi connectivity index (χ4n) is 9.31. The van der Waals surface area contributed by atoms with Crippen molar-refractivity contribution in [3.63, 3.8) is 0 Å². The molecule has 3 nitrogen and oxygen atoms in total. The number of benzene rings is 6. The van der Waals surface area contributed by atoms with E-state index in [0.717, 1.165) is 77.5 Å². The van der Waals surface area contributed by atoms with Crippen LogP contribution in [-0.4, -0.2) is 4.57 Å². The zero-order valence-electron chi connectivity index (χ0n) is 31.9. The van der Waals surface area contributed by atoms with Crippen LogP contribution in [0.4, 0.5) is 11.4 Å². The Balaban J connectivity index is 1.06. The van der Waals surface area contributed by atoms with Crippen molar-refractivity contribution >= 4 is 55.1 Å². The molecule has 3 heteroatoms. The largest absolute Gasteiger partial charge is 0.454 e. The van der Waals surface area contributed by atoms with Gasteiger partial charge in [0.1, 0.15) is 5.58 Å². The van der Waals surface area contributed by atoms with Crippen LogP contribution in [0.2, 0.25) is 0 Å². The van der Waals surface area contributed by atoms with Gasteiger partial charge < -0.3 is 13.9 Å². The molecule has 0 atom stereocenters. The summed E-state index contributed by atoms with van der Waals surface area (Å²) in [5, 5.41) is 4.79. The van der Waals surface area contributed by atoms with Crippen LogP contribution in [-0.2, 0) is 0 Å². The van der Waals surface area contributed by atoms with Crippen LogP contribution in [0.25, 0.3) is 60.6 Å². The minimum absolute atomic E-state index is 0.900. The molecule has 274 valence electrons. The molecular formula is C54H42N2O. The standard InChI is InChI=1S/C54H42N2O/c1-3-13-37(14-4-1)39-23-25-40(26-24-39)41-27-29-43(30-28-41)55(44-31-33-45(34-32-44)56-50-20-10-7-17-46(50)47-18-8-11-21-51(47)56)52-36-42(38-15-5-2-6-16-38)35-49-48-19-9-12-22-53(48)57-54(49)52/h1-3,5-13,15-23,25,27,29,31-36H,4,14,24,26,28,30H2. The number of allylic oxidation sites excluding steroid dienone is 12. The van der Waals surface area contributed by atoms with Crippen LogP contribution in [0.15, 0.2) is 214 Å². The van der Waals surface area contributed by atoms with Crippen molar-refractivity contribution in [3.05, 3.63) is 210 Å². The quantitative estimate of drug-likeness (QED) is 0.163. The van der Waals surface area contributed by atoms with Crippen LogP contribution in [0.1, 0.15) is 38.5 Å². The van der Waals surface area contributed by atoms with Gasteiger partial charge in [0.2, 0.25) is 0 Å². The summed E-state index contributed by atoms with van der Waals surface area (Å²) in [4.78, 5) is 2.45. The average molecular weight is 735 g/mol. The summed E-state index contributed by atoms with van der Waals surface area (Å²) in [5.74, 6) is 0. The third-order valence-electron chi connectivity index (χ3n) is 12.2. The maximum Gasteiger partial charge on any atom is 0.159 e. The van der Waals surface area contributed by atoms with Crippen molar-refractivity contribution < 1.29 is 4.42 Å². The van der Waals surface area contributed by atoms with Gasteiger partial charge in [-0.2, -0.15) is 0 Å². The highest BCUT2D eigenvalue weighted by Crippen LogP contribution is 2.45. The number of furan rings is 1. The van der Waals surface area contributed by atoms with Gasteiger partial charge in [0, 0.05) is 38.6 Å². The first-order chi connectivity index (χ1) is 28.3. The van der Waals surface area contributed by atoms with Crippen LogP contribution in [0, 0.1) is 0 Å². The Kier molecular flexibility index (Phi) is 8.24. The smallest absolute Gasteiger partial charge is 0.159 e. The minimum atomic E-state index is 0.900. The molecule has 0 aliphatic heterocycles. The van der Waals surface area contributed by atoms with Gasteiger partial charge in [0.15, 0.2) is 5.58 Å². The highest BCUT2D eigenvalue weighted by molar-refractivity contribution is 6.12. The van der Waals surface area contributed by atoms with E-state index in [1.54, 1.807) is 0 Å². The van der Waals surface area contributed by atoms with E-state index in [4.69, 9.17) is 4.42 Å². The predicted molar refractivity (Wildman–Crippen MR) is 239 cm³/mol. The molecule has 0 bridgehead atoms. The molecule has 0 amide bonds. The van der Waals surface area contributed by atoms with Gasteiger partial charge >= 0.3 is 0 Å². The van der Waals surface area contributed by atoms with E-state index in [0.29, 0.717) is 0 Å². The van der Waals surface area contributed by atoms with Gasteiger partial charge in [-0.3, -0.25) is 0 Å². The third kappa shape index (κ3) is 5.90. The summed E-state index contributed by atoms with van der Waals surface area (Å²) in [6.45, 7) is 0. The Morgan fingerprint density at radius 1 is 0.474 bits per heavy atom. The number of anilines is 2. The van der Waals surface area contributed by atoms with E-state index >= 15 is 0 Å². The Bertz CT molecular complexity index is 3000. The molecule has 11 rings (SSSR count). The molecule has 2 aromatic heterocycles. The zero-order chi connectivity index (χ0) is 37.7. The number of fused-ring (bicyclic) bond motifs is 6. The summed E-state index contributed by atoms with van der Waals surface area (Å²) < 4.78 is 9.20. The van der Waals surface area contributed by atoms with Crippen LogP contribution in [0.3, 0.4) is 0 Å². The maximum atomic E-state index is 6.81. The Labute approximate surface area is 333 Å². The normalized spacial score (nSPS) is 15.8. The summed E-state index contributed by atoms with van der Waals surface area (Å²) in [5.41, 5.74) is 17.0. The first-order valence-corrected chi connectivity index (χ1v) is 20.3. The van der Waals surface area contributed by atoms with E-state index in [2.05, 4.69) is 192 Å². The van der Waals surface area contributed by atoms with Crippen molar-refractivity contribution in [3.8, 4) is 16.8 Å². The number of hydrogen-bond donors (Lipinski definition) is 0. The Morgan fingerprint density at radius 2 is 1.09 bits per heavy atom. The van der Waals surface area contributed by atoms with Crippen molar-refractivity contribution in [2.24, 2.45) is 0 Å². The predicted octanol–water partition coefficient (Wildman–Crippen LogP) is 15.0. The first kappa shape index (κ1) is 33.5. The number of hydrogen-bond acceptors (Lipinski definition) is 2. The van der Waals surface area contributed by atoms with Gasteiger partial charge in [-0.15, -0.1) is 0 Å². The highest BCUT2D eigenvalue weighted by atomic mass is 16.3. The van der Waals surface area contributed by atoms with Crippen molar-refractivity contribution in [2.45, 2.75) is 38.5 Å². The Morgan fingerprint density at radius 3 is 1.74 bits per heavy atom. The lowest BCUT2D eigenvalue weighted by molar-refractivity contribution is 0.668. The summed E-state index contributed by atoms with van der Waals surface area (Å²) in [7, 11) is 0. The van der Waals surface area contributed by atoms with E-state index in [1.807, 2.05) is 0 Å². The fraction of sp³-hybridized carbons (Fsp3) is 0.111. The fourth-order valence-corrected chi connectivity index (χ4v) is 9.31. The second-order valence-corrected chi connectivity index (χ2v) is 15.5. The second kappa shape index (κ2) is 14.0. The summed E-state index contributed by atoms with van der Waals surface area (Å²) in [6, 6.07) is 50.3. The molecule has 0 spiro atoms. The van der Waals surface area contributed by atoms with Gasteiger partial charge in [0.25, 0.3) is 0 Å². The molecule has 6 aromatic carbocycles. The van der Waals surface area contributed by atoms with Gasteiger partial charge in [-0.25, -0.2) is 0 Å². The maximum absolute atomic E-state index is 6.81. The van der Waals surface area contributed by atoms with Crippen LogP contribution in [0.5, 0.6) is 0 Å². The number of para-hydroxylation sites is 3. The number of nitrogens with zero attached hydrogens (tertiary/aromatic N) is 2. The molecule has 0 N–H and O–H groups in total. The van der Waals surface area contributed by atoms with Gasteiger partial charge in [0.05, 0.1) is 16.7 Å². The van der Waals surface area contributed by atoms with E-state index in [-0.39, 0.29) is 0 Å². The molecule has 57 heavy (non-hydrogen) atoms. The first-order valence-electron chi connectivity index (χ1n) is 20.3. The lowest BCUT2D eigenvalue weighted by Crippen LogP contribution is -2.19. The lowest BCUT2D eigenvalue weighted by atomic mass is 9.84. The van der Waals surface area contributed by atoms with Crippen LogP contribution < -0.4 is 4.90 Å². The molecule has 2 heterocycles. The number of rotatable bonds is 7. The van der Waals surface area contributed by atoms with E-state index in [9.17, 15) is 0 Å². The molecule has 0 unspecified atom stereocenters. The second-order valence-electron chi connectivity index (χ2n) is 15.5. The molecular weight excluding hydrogens is 693 g/mol.